The number of hydrogen-bond donors (Lipinski definition) is 2. The lowest BCUT2D eigenvalue weighted by atomic mass is 10.1. The second-order valence-electron chi connectivity index (χ2n) is 7.01. The summed E-state index contributed by atoms with van der Waals surface area (Å²) in [5.74, 6) is 1.85. The minimum Gasteiger partial charge on any atom is -0.491 e. The molecular weight excluding hydrogens is 300 g/mol. The van der Waals surface area contributed by atoms with Crippen LogP contribution in [0.5, 0.6) is 5.75 Å². The van der Waals surface area contributed by atoms with Gasteiger partial charge in [0.15, 0.2) is 5.96 Å². The first-order valence-corrected chi connectivity index (χ1v) is 9.09. The summed E-state index contributed by atoms with van der Waals surface area (Å²) < 4.78 is 5.63. The monoisotopic (exact) mass is 332 g/mol. The summed E-state index contributed by atoms with van der Waals surface area (Å²) in [7, 11) is 0. The number of rotatable bonds is 7. The van der Waals surface area contributed by atoms with Gasteiger partial charge in [-0.1, -0.05) is 13.3 Å². The first-order valence-electron chi connectivity index (χ1n) is 9.09. The molecule has 1 aliphatic heterocycles. The maximum Gasteiger partial charge on any atom is 0.193 e. The minimum atomic E-state index is 0.178. The van der Waals surface area contributed by atoms with Crippen molar-refractivity contribution in [2.45, 2.75) is 46.1 Å². The van der Waals surface area contributed by atoms with Crippen molar-refractivity contribution >= 4 is 11.6 Å². The lowest BCUT2D eigenvalue weighted by Crippen LogP contribution is -2.34. The summed E-state index contributed by atoms with van der Waals surface area (Å²) in [5.41, 5.74) is 6.93. The smallest absolute Gasteiger partial charge is 0.193 e. The third-order valence-corrected chi connectivity index (χ3v) is 4.09. The van der Waals surface area contributed by atoms with Crippen LogP contribution in [-0.4, -0.2) is 43.1 Å². The highest BCUT2D eigenvalue weighted by Gasteiger charge is 2.13. The molecule has 24 heavy (non-hydrogen) atoms. The maximum atomic E-state index is 6.00. The molecule has 1 unspecified atom stereocenters. The number of likely N-dealkylation sites (tertiary alicyclic amines) is 1. The zero-order valence-electron chi connectivity index (χ0n) is 15.3. The SMILES string of the molecule is CC(CN=C(N)Nc1ccc(OC(C)C)cc1)CN1CCCCC1. The number of aliphatic imine (C=N–C) groups is 1. The Morgan fingerprint density at radius 3 is 2.46 bits per heavy atom. The molecule has 1 heterocycles. The molecule has 134 valence electrons. The minimum absolute atomic E-state index is 0.178. The number of nitrogens with one attached hydrogen (secondary N) is 1. The Hall–Kier alpha value is -1.75. The molecule has 1 fully saturated rings. The molecule has 0 aliphatic carbocycles. The quantitative estimate of drug-likeness (QED) is 0.594. The Bertz CT molecular complexity index is 507. The van der Waals surface area contributed by atoms with Crippen LogP contribution < -0.4 is 15.8 Å². The van der Waals surface area contributed by atoms with Crippen LogP contribution in [0.15, 0.2) is 29.3 Å². The van der Waals surface area contributed by atoms with Crippen molar-refractivity contribution in [3.05, 3.63) is 24.3 Å². The number of anilines is 1. The van der Waals surface area contributed by atoms with Crippen molar-refractivity contribution in [2.24, 2.45) is 16.6 Å². The predicted octanol–water partition coefficient (Wildman–Crippen LogP) is 3.32. The van der Waals surface area contributed by atoms with E-state index in [-0.39, 0.29) is 6.10 Å². The molecule has 0 radical (unpaired) electrons. The van der Waals surface area contributed by atoms with Gasteiger partial charge in [-0.2, -0.15) is 0 Å². The summed E-state index contributed by atoms with van der Waals surface area (Å²) >= 11 is 0. The predicted molar refractivity (Wildman–Crippen MR) is 102 cm³/mol. The highest BCUT2D eigenvalue weighted by molar-refractivity contribution is 5.92. The van der Waals surface area contributed by atoms with E-state index in [2.05, 4.69) is 22.1 Å². The topological polar surface area (TPSA) is 62.9 Å². The van der Waals surface area contributed by atoms with Gasteiger partial charge >= 0.3 is 0 Å². The molecule has 0 saturated carbocycles. The van der Waals surface area contributed by atoms with Crippen molar-refractivity contribution in [1.29, 1.82) is 0 Å². The molecule has 0 aromatic heterocycles. The molecule has 0 bridgehead atoms. The first-order chi connectivity index (χ1) is 11.5. The van der Waals surface area contributed by atoms with Gasteiger partial charge < -0.3 is 20.7 Å². The van der Waals surface area contributed by atoms with E-state index in [1.807, 2.05) is 38.1 Å². The molecule has 3 N–H and O–H groups in total. The van der Waals surface area contributed by atoms with Crippen LogP contribution in [0.4, 0.5) is 5.69 Å². The summed E-state index contributed by atoms with van der Waals surface area (Å²) in [6.07, 6.45) is 4.21. The van der Waals surface area contributed by atoms with E-state index < -0.39 is 0 Å². The number of benzene rings is 1. The Labute approximate surface area is 146 Å². The standard InChI is InChI=1S/C19H32N4O/c1-15(2)24-18-9-7-17(8-10-18)22-19(20)21-13-16(3)14-23-11-5-4-6-12-23/h7-10,15-16H,4-6,11-14H2,1-3H3,(H3,20,21,22). The van der Waals surface area contributed by atoms with E-state index in [9.17, 15) is 0 Å². The molecule has 1 aromatic rings. The van der Waals surface area contributed by atoms with Gasteiger partial charge in [0.05, 0.1) is 6.10 Å². The molecule has 0 spiro atoms. The van der Waals surface area contributed by atoms with E-state index in [0.717, 1.165) is 24.5 Å². The number of guanidine groups is 1. The summed E-state index contributed by atoms with van der Waals surface area (Å²) in [4.78, 5) is 7.02. The van der Waals surface area contributed by atoms with Gasteiger partial charge in [-0.05, 0) is 70.0 Å². The van der Waals surface area contributed by atoms with Crippen molar-refractivity contribution in [1.82, 2.24) is 4.90 Å². The van der Waals surface area contributed by atoms with Crippen LogP contribution in [-0.2, 0) is 0 Å². The second kappa shape index (κ2) is 9.52. The summed E-state index contributed by atoms with van der Waals surface area (Å²) in [5, 5.41) is 3.14. The third kappa shape index (κ3) is 6.79. The van der Waals surface area contributed by atoms with Crippen LogP contribution in [0, 0.1) is 5.92 Å². The molecule has 2 rings (SSSR count). The molecule has 0 amide bonds. The maximum absolute atomic E-state index is 6.00. The number of nitrogens with zero attached hydrogens (tertiary/aromatic N) is 2. The van der Waals surface area contributed by atoms with Gasteiger partial charge in [0.25, 0.3) is 0 Å². The van der Waals surface area contributed by atoms with E-state index in [1.165, 1.54) is 32.4 Å². The lowest BCUT2D eigenvalue weighted by Gasteiger charge is -2.28. The zero-order valence-corrected chi connectivity index (χ0v) is 15.3. The fourth-order valence-corrected chi connectivity index (χ4v) is 2.97. The average molecular weight is 332 g/mol. The second-order valence-corrected chi connectivity index (χ2v) is 7.01. The van der Waals surface area contributed by atoms with Crippen LogP contribution in [0.2, 0.25) is 0 Å². The van der Waals surface area contributed by atoms with Crippen LogP contribution in [0.3, 0.4) is 0 Å². The van der Waals surface area contributed by atoms with Crippen LogP contribution in [0.25, 0.3) is 0 Å². The van der Waals surface area contributed by atoms with Gasteiger partial charge in [0.1, 0.15) is 5.75 Å². The van der Waals surface area contributed by atoms with Crippen molar-refractivity contribution in [2.75, 3.05) is 31.5 Å². The van der Waals surface area contributed by atoms with Gasteiger partial charge in [-0.3, -0.25) is 4.99 Å². The van der Waals surface area contributed by atoms with Gasteiger partial charge in [0, 0.05) is 18.8 Å². The Kier molecular flexibility index (Phi) is 7.37. The highest BCUT2D eigenvalue weighted by atomic mass is 16.5. The normalized spacial score (nSPS) is 17.8. The number of nitrogens with two attached hydrogens (primary N) is 1. The molecule has 1 saturated heterocycles. The van der Waals surface area contributed by atoms with Gasteiger partial charge in [0.2, 0.25) is 0 Å². The highest BCUT2D eigenvalue weighted by Crippen LogP contribution is 2.16. The summed E-state index contributed by atoms with van der Waals surface area (Å²) in [6.45, 7) is 10.6. The Morgan fingerprint density at radius 2 is 1.83 bits per heavy atom. The molecule has 5 nitrogen and oxygen atoms in total. The van der Waals surface area contributed by atoms with E-state index in [0.29, 0.717) is 11.9 Å². The fraction of sp³-hybridized carbons (Fsp3) is 0.632. The van der Waals surface area contributed by atoms with Crippen LogP contribution in [0.1, 0.15) is 40.0 Å². The lowest BCUT2D eigenvalue weighted by molar-refractivity contribution is 0.203. The molecular formula is C19H32N4O. The van der Waals surface area contributed by atoms with Crippen LogP contribution >= 0.6 is 0 Å². The fourth-order valence-electron chi connectivity index (χ4n) is 2.97. The van der Waals surface area contributed by atoms with Gasteiger partial charge in [-0.15, -0.1) is 0 Å². The molecule has 1 aromatic carbocycles. The van der Waals surface area contributed by atoms with Gasteiger partial charge in [-0.25, -0.2) is 0 Å². The Morgan fingerprint density at radius 1 is 1.17 bits per heavy atom. The van der Waals surface area contributed by atoms with E-state index >= 15 is 0 Å². The largest absolute Gasteiger partial charge is 0.491 e. The Balaban J connectivity index is 1.76. The number of ether oxygens (including phenoxy) is 1. The first kappa shape index (κ1) is 18.6. The number of hydrogen-bond acceptors (Lipinski definition) is 3. The van der Waals surface area contributed by atoms with E-state index in [1.54, 1.807) is 0 Å². The van der Waals surface area contributed by atoms with Crippen molar-refractivity contribution in [3.63, 3.8) is 0 Å². The summed E-state index contributed by atoms with van der Waals surface area (Å²) in [6, 6.07) is 7.79. The number of piperidine rings is 1. The molecule has 1 aliphatic rings. The zero-order chi connectivity index (χ0) is 17.4. The van der Waals surface area contributed by atoms with E-state index in [4.69, 9.17) is 10.5 Å². The van der Waals surface area contributed by atoms with Crippen molar-refractivity contribution in [3.8, 4) is 5.75 Å². The van der Waals surface area contributed by atoms with Crippen molar-refractivity contribution < 1.29 is 4.74 Å². The molecule has 1 atom stereocenters. The third-order valence-electron chi connectivity index (χ3n) is 4.09. The molecule has 5 heteroatoms. The average Bonchev–Trinajstić information content (AvgIpc) is 2.55.